The van der Waals surface area contributed by atoms with Crippen LogP contribution < -0.4 is 0 Å². The lowest BCUT2D eigenvalue weighted by Crippen LogP contribution is -2.48. The van der Waals surface area contributed by atoms with Gasteiger partial charge >= 0.3 is 0 Å². The summed E-state index contributed by atoms with van der Waals surface area (Å²) in [6.45, 7) is 4.08. The van der Waals surface area contributed by atoms with Gasteiger partial charge in [-0.25, -0.2) is 0 Å². The maximum atomic E-state index is 11.6. The van der Waals surface area contributed by atoms with E-state index in [9.17, 15) is 4.79 Å². The number of amides is 1. The van der Waals surface area contributed by atoms with E-state index in [0.717, 1.165) is 32.7 Å². The van der Waals surface area contributed by atoms with Crippen LogP contribution in [0.5, 0.6) is 0 Å². The fourth-order valence-corrected chi connectivity index (χ4v) is 2.26. The molecule has 1 aromatic rings. The van der Waals surface area contributed by atoms with Gasteiger partial charge in [-0.2, -0.15) is 5.26 Å². The lowest BCUT2D eigenvalue weighted by atomic mass is 10.2. The molecule has 0 aromatic heterocycles. The van der Waals surface area contributed by atoms with Gasteiger partial charge < -0.3 is 4.90 Å². The molecule has 1 fully saturated rings. The summed E-state index contributed by atoms with van der Waals surface area (Å²) in [5.74, 6) is -0.0491. The van der Waals surface area contributed by atoms with Crippen molar-refractivity contribution in [1.82, 2.24) is 9.80 Å². The van der Waals surface area contributed by atoms with Crippen LogP contribution in [0.25, 0.3) is 6.08 Å². The molecule has 0 saturated carbocycles. The molecule has 4 nitrogen and oxygen atoms in total. The molecule has 1 heterocycles. The standard InChI is InChI=1S/C16H19N3O/c17-9-8-16(20)19-13-11-18(12-14-19)10-4-7-15-5-2-1-3-6-15/h1-7H,8,10-14H2/b7-4-. The van der Waals surface area contributed by atoms with Crippen molar-refractivity contribution >= 4 is 12.0 Å². The average Bonchev–Trinajstić information content (AvgIpc) is 2.49. The summed E-state index contributed by atoms with van der Waals surface area (Å²) in [5.41, 5.74) is 1.20. The van der Waals surface area contributed by atoms with Crippen molar-refractivity contribution in [3.63, 3.8) is 0 Å². The lowest BCUT2D eigenvalue weighted by Gasteiger charge is -2.33. The molecule has 0 aliphatic carbocycles. The van der Waals surface area contributed by atoms with Crippen LogP contribution in [-0.2, 0) is 4.79 Å². The Hall–Kier alpha value is -2.12. The van der Waals surface area contributed by atoms with E-state index in [1.807, 2.05) is 24.3 Å². The SMILES string of the molecule is N#CCC(=O)N1CCN(C/C=C\c2ccccc2)CC1. The zero-order chi connectivity index (χ0) is 14.2. The van der Waals surface area contributed by atoms with Crippen LogP contribution in [0.1, 0.15) is 12.0 Å². The first kappa shape index (κ1) is 14.3. The van der Waals surface area contributed by atoms with Crippen LogP contribution in [0.3, 0.4) is 0 Å². The molecule has 1 amide bonds. The first-order valence-corrected chi connectivity index (χ1v) is 6.88. The smallest absolute Gasteiger partial charge is 0.236 e. The van der Waals surface area contributed by atoms with Crippen LogP contribution >= 0.6 is 0 Å². The molecule has 20 heavy (non-hydrogen) atoms. The average molecular weight is 269 g/mol. The zero-order valence-corrected chi connectivity index (χ0v) is 11.5. The predicted octanol–water partition coefficient (Wildman–Crippen LogP) is 1.76. The molecule has 1 saturated heterocycles. The third-order valence-electron chi connectivity index (χ3n) is 3.43. The summed E-state index contributed by atoms with van der Waals surface area (Å²) < 4.78 is 0. The van der Waals surface area contributed by atoms with Gasteiger partial charge in [-0.3, -0.25) is 9.69 Å². The predicted molar refractivity (Wildman–Crippen MR) is 78.7 cm³/mol. The molecule has 0 N–H and O–H groups in total. The minimum absolute atomic E-state index is 0.00604. The van der Waals surface area contributed by atoms with E-state index in [0.29, 0.717) is 0 Å². The molecule has 4 heteroatoms. The normalized spacial score (nSPS) is 16.2. The Morgan fingerprint density at radius 1 is 1.20 bits per heavy atom. The van der Waals surface area contributed by atoms with E-state index >= 15 is 0 Å². The Morgan fingerprint density at radius 2 is 1.90 bits per heavy atom. The minimum atomic E-state index is -0.0491. The molecular formula is C16H19N3O. The Bertz CT molecular complexity index is 496. The number of hydrogen-bond donors (Lipinski definition) is 0. The molecule has 0 unspecified atom stereocenters. The second-order valence-electron chi connectivity index (χ2n) is 4.83. The zero-order valence-electron chi connectivity index (χ0n) is 11.5. The first-order chi connectivity index (χ1) is 9.79. The van der Waals surface area contributed by atoms with Crippen molar-refractivity contribution in [1.29, 1.82) is 5.26 Å². The molecule has 0 spiro atoms. The van der Waals surface area contributed by atoms with Gasteiger partial charge in [0, 0.05) is 32.7 Å². The fourth-order valence-electron chi connectivity index (χ4n) is 2.26. The highest BCUT2D eigenvalue weighted by Gasteiger charge is 2.19. The van der Waals surface area contributed by atoms with E-state index in [1.54, 1.807) is 4.90 Å². The molecule has 0 bridgehead atoms. The van der Waals surface area contributed by atoms with Gasteiger partial charge in [0.15, 0.2) is 0 Å². The van der Waals surface area contributed by atoms with Gasteiger partial charge in [-0.15, -0.1) is 0 Å². The van der Waals surface area contributed by atoms with Crippen molar-refractivity contribution in [2.75, 3.05) is 32.7 Å². The summed E-state index contributed by atoms with van der Waals surface area (Å²) in [6.07, 6.45) is 4.27. The summed E-state index contributed by atoms with van der Waals surface area (Å²) in [6, 6.07) is 12.1. The molecule has 0 atom stereocenters. The number of carbonyl (C=O) groups is 1. The largest absolute Gasteiger partial charge is 0.339 e. The molecular weight excluding hydrogens is 250 g/mol. The molecule has 1 aromatic carbocycles. The topological polar surface area (TPSA) is 47.3 Å². The van der Waals surface area contributed by atoms with Crippen molar-refractivity contribution in [2.45, 2.75) is 6.42 Å². The van der Waals surface area contributed by atoms with Crippen LogP contribution in [0.15, 0.2) is 36.4 Å². The van der Waals surface area contributed by atoms with Gasteiger partial charge in [-0.05, 0) is 5.56 Å². The maximum Gasteiger partial charge on any atom is 0.236 e. The van der Waals surface area contributed by atoms with Crippen molar-refractivity contribution in [3.05, 3.63) is 42.0 Å². The first-order valence-electron chi connectivity index (χ1n) is 6.88. The van der Waals surface area contributed by atoms with E-state index < -0.39 is 0 Å². The molecule has 104 valence electrons. The van der Waals surface area contributed by atoms with Crippen LogP contribution in [-0.4, -0.2) is 48.4 Å². The third kappa shape index (κ3) is 4.22. The Labute approximate surface area is 119 Å². The summed E-state index contributed by atoms with van der Waals surface area (Å²) >= 11 is 0. The van der Waals surface area contributed by atoms with Gasteiger partial charge in [-0.1, -0.05) is 42.5 Å². The highest BCUT2D eigenvalue weighted by Crippen LogP contribution is 2.05. The highest BCUT2D eigenvalue weighted by atomic mass is 16.2. The number of hydrogen-bond acceptors (Lipinski definition) is 3. The number of carbonyl (C=O) groups excluding carboxylic acids is 1. The fraction of sp³-hybridized carbons (Fsp3) is 0.375. The number of rotatable bonds is 4. The Balaban J connectivity index is 1.74. The van der Waals surface area contributed by atoms with Crippen molar-refractivity contribution in [2.24, 2.45) is 0 Å². The summed E-state index contributed by atoms with van der Waals surface area (Å²) in [4.78, 5) is 15.7. The molecule has 0 radical (unpaired) electrons. The van der Waals surface area contributed by atoms with Crippen molar-refractivity contribution < 1.29 is 4.79 Å². The Morgan fingerprint density at radius 3 is 2.55 bits per heavy atom. The van der Waals surface area contributed by atoms with E-state index in [4.69, 9.17) is 5.26 Å². The van der Waals surface area contributed by atoms with Crippen LogP contribution in [0.4, 0.5) is 0 Å². The van der Waals surface area contributed by atoms with E-state index in [2.05, 4.69) is 29.2 Å². The quantitative estimate of drug-likeness (QED) is 0.836. The Kier molecular flexibility index (Phi) is 5.33. The summed E-state index contributed by atoms with van der Waals surface area (Å²) in [7, 11) is 0. The molecule has 2 rings (SSSR count). The lowest BCUT2D eigenvalue weighted by molar-refractivity contribution is -0.131. The number of nitrogens with zero attached hydrogens (tertiary/aromatic N) is 3. The van der Waals surface area contributed by atoms with Gasteiger partial charge in [0.05, 0.1) is 6.07 Å². The number of benzene rings is 1. The van der Waals surface area contributed by atoms with E-state index in [-0.39, 0.29) is 12.3 Å². The number of nitriles is 1. The van der Waals surface area contributed by atoms with Crippen LogP contribution in [0.2, 0.25) is 0 Å². The second-order valence-corrected chi connectivity index (χ2v) is 4.83. The van der Waals surface area contributed by atoms with Gasteiger partial charge in [0.2, 0.25) is 5.91 Å². The van der Waals surface area contributed by atoms with Crippen molar-refractivity contribution in [3.8, 4) is 6.07 Å². The molecule has 1 aliphatic rings. The minimum Gasteiger partial charge on any atom is -0.339 e. The summed E-state index contributed by atoms with van der Waals surface area (Å²) in [5, 5.41) is 8.53. The third-order valence-corrected chi connectivity index (χ3v) is 3.43. The van der Waals surface area contributed by atoms with Crippen LogP contribution in [0, 0.1) is 11.3 Å². The highest BCUT2D eigenvalue weighted by molar-refractivity contribution is 5.78. The van der Waals surface area contributed by atoms with E-state index in [1.165, 1.54) is 5.56 Å². The maximum absolute atomic E-state index is 11.6. The monoisotopic (exact) mass is 269 g/mol. The van der Waals surface area contributed by atoms with Gasteiger partial charge in [0.1, 0.15) is 6.42 Å². The second kappa shape index (κ2) is 7.46. The number of piperazine rings is 1. The molecule has 1 aliphatic heterocycles. The van der Waals surface area contributed by atoms with Gasteiger partial charge in [0.25, 0.3) is 0 Å².